The summed E-state index contributed by atoms with van der Waals surface area (Å²) in [6.45, 7) is 3.91. The molecular formula is C19H20N4OS. The van der Waals surface area contributed by atoms with Crippen molar-refractivity contribution in [3.63, 3.8) is 0 Å². The lowest BCUT2D eigenvalue weighted by Crippen LogP contribution is -2.33. The summed E-state index contributed by atoms with van der Waals surface area (Å²) in [5, 5.41) is 7.45. The van der Waals surface area contributed by atoms with E-state index in [1.54, 1.807) is 11.9 Å². The van der Waals surface area contributed by atoms with Crippen molar-refractivity contribution >= 4 is 23.4 Å². The van der Waals surface area contributed by atoms with Crippen molar-refractivity contribution in [2.24, 2.45) is 0 Å². The first-order valence-electron chi connectivity index (χ1n) is 8.03. The van der Waals surface area contributed by atoms with E-state index in [1.807, 2.05) is 68.4 Å². The summed E-state index contributed by atoms with van der Waals surface area (Å²) in [5.74, 6) is 0.719. The number of anilines is 1. The fraction of sp³-hybridized carbons (Fsp3) is 0.211. The van der Waals surface area contributed by atoms with E-state index in [0.29, 0.717) is 11.0 Å². The number of aromatic nitrogens is 3. The Balaban J connectivity index is 1.68. The van der Waals surface area contributed by atoms with Crippen LogP contribution in [0.3, 0.4) is 0 Å². The van der Waals surface area contributed by atoms with Crippen LogP contribution in [0, 0.1) is 6.92 Å². The molecule has 0 aliphatic rings. The van der Waals surface area contributed by atoms with Gasteiger partial charge in [-0.15, -0.1) is 5.10 Å². The van der Waals surface area contributed by atoms with Gasteiger partial charge in [-0.2, -0.15) is 0 Å². The molecule has 6 heteroatoms. The number of rotatable bonds is 5. The number of thioether (sulfide) groups is 1. The number of nitrogens with one attached hydrogen (secondary N) is 1. The maximum Gasteiger partial charge on any atom is 0.240 e. The molecule has 2 aromatic carbocycles. The average Bonchev–Trinajstić information content (AvgIpc) is 3.10. The minimum Gasteiger partial charge on any atom is -0.315 e. The lowest BCUT2D eigenvalue weighted by Gasteiger charge is -2.20. The number of carbonyl (C=O) groups is 1. The molecule has 1 atom stereocenters. The topological polar surface area (TPSA) is 61.9 Å². The van der Waals surface area contributed by atoms with E-state index < -0.39 is 0 Å². The summed E-state index contributed by atoms with van der Waals surface area (Å²) in [6.07, 6.45) is 0. The summed E-state index contributed by atoms with van der Waals surface area (Å²) in [4.78, 5) is 18.7. The number of carbonyl (C=O) groups excluding carboxylic acids is 1. The second-order valence-electron chi connectivity index (χ2n) is 5.83. The lowest BCUT2D eigenvalue weighted by atomic mass is 10.1. The third-order valence-corrected chi connectivity index (χ3v) is 4.84. The van der Waals surface area contributed by atoms with E-state index in [9.17, 15) is 4.79 Å². The Kier molecular flexibility index (Phi) is 5.19. The van der Waals surface area contributed by atoms with Crippen molar-refractivity contribution in [1.29, 1.82) is 0 Å². The molecule has 1 aromatic heterocycles. The quantitative estimate of drug-likeness (QED) is 0.707. The van der Waals surface area contributed by atoms with E-state index in [0.717, 1.165) is 11.3 Å². The number of amides is 1. The first-order chi connectivity index (χ1) is 12.0. The van der Waals surface area contributed by atoms with Gasteiger partial charge in [-0.05, 0) is 26.0 Å². The molecule has 3 aromatic rings. The van der Waals surface area contributed by atoms with Gasteiger partial charge >= 0.3 is 0 Å². The number of hydrogen-bond donors (Lipinski definition) is 1. The van der Waals surface area contributed by atoms with Gasteiger partial charge in [-0.1, -0.05) is 59.8 Å². The number of aryl methyl sites for hydroxylation is 1. The molecule has 0 spiro atoms. The molecule has 3 rings (SSSR count). The summed E-state index contributed by atoms with van der Waals surface area (Å²) < 4.78 is 0. The van der Waals surface area contributed by atoms with Gasteiger partial charge in [0.1, 0.15) is 0 Å². The second kappa shape index (κ2) is 7.53. The molecule has 0 aliphatic carbocycles. The highest BCUT2D eigenvalue weighted by Gasteiger charge is 2.21. The smallest absolute Gasteiger partial charge is 0.240 e. The number of aromatic amines is 1. The van der Waals surface area contributed by atoms with E-state index in [2.05, 4.69) is 15.2 Å². The summed E-state index contributed by atoms with van der Waals surface area (Å²) in [7, 11) is 1.78. The largest absolute Gasteiger partial charge is 0.315 e. The lowest BCUT2D eigenvalue weighted by molar-refractivity contribution is -0.117. The van der Waals surface area contributed by atoms with Crippen LogP contribution in [-0.4, -0.2) is 33.4 Å². The Morgan fingerprint density at radius 1 is 1.12 bits per heavy atom. The fourth-order valence-electron chi connectivity index (χ4n) is 2.40. The van der Waals surface area contributed by atoms with E-state index >= 15 is 0 Å². The number of H-pyrrole nitrogens is 1. The van der Waals surface area contributed by atoms with Crippen LogP contribution in [0.4, 0.5) is 5.69 Å². The summed E-state index contributed by atoms with van der Waals surface area (Å²) in [6, 6.07) is 17.7. The molecule has 0 radical (unpaired) electrons. The van der Waals surface area contributed by atoms with Crippen molar-refractivity contribution in [3.8, 4) is 11.4 Å². The van der Waals surface area contributed by atoms with Crippen LogP contribution in [0.5, 0.6) is 0 Å². The Morgan fingerprint density at radius 2 is 1.80 bits per heavy atom. The zero-order chi connectivity index (χ0) is 17.8. The standard InChI is InChI=1S/C19H20N4OS/c1-13-9-11-15(12-10-13)17-20-19(22-21-17)25-14(2)18(24)23(3)16-7-5-4-6-8-16/h4-12,14H,1-3H3,(H,20,21,22)/t14-/m1/s1. The van der Waals surface area contributed by atoms with Crippen LogP contribution < -0.4 is 4.90 Å². The van der Waals surface area contributed by atoms with E-state index in [-0.39, 0.29) is 11.2 Å². The molecule has 1 N–H and O–H groups in total. The van der Waals surface area contributed by atoms with Crippen molar-refractivity contribution in [2.75, 3.05) is 11.9 Å². The molecule has 0 saturated heterocycles. The molecule has 0 unspecified atom stereocenters. The Bertz CT molecular complexity index is 845. The van der Waals surface area contributed by atoms with Crippen LogP contribution in [0.25, 0.3) is 11.4 Å². The highest BCUT2D eigenvalue weighted by atomic mass is 32.2. The molecule has 5 nitrogen and oxygen atoms in total. The van der Waals surface area contributed by atoms with E-state index in [4.69, 9.17) is 0 Å². The maximum atomic E-state index is 12.6. The molecule has 128 valence electrons. The molecule has 1 amide bonds. The summed E-state index contributed by atoms with van der Waals surface area (Å²) in [5.41, 5.74) is 3.04. The average molecular weight is 352 g/mol. The Hall–Kier alpha value is -2.60. The van der Waals surface area contributed by atoms with Gasteiger partial charge in [-0.25, -0.2) is 4.98 Å². The van der Waals surface area contributed by atoms with Crippen molar-refractivity contribution in [3.05, 3.63) is 60.2 Å². The Morgan fingerprint density at radius 3 is 2.48 bits per heavy atom. The van der Waals surface area contributed by atoms with Gasteiger partial charge in [0.25, 0.3) is 0 Å². The third-order valence-electron chi connectivity index (χ3n) is 3.89. The van der Waals surface area contributed by atoms with E-state index in [1.165, 1.54) is 17.3 Å². The third kappa shape index (κ3) is 4.09. The minimum absolute atomic E-state index is 0.0119. The Labute approximate surface area is 151 Å². The van der Waals surface area contributed by atoms with Crippen molar-refractivity contribution < 1.29 is 4.79 Å². The first-order valence-corrected chi connectivity index (χ1v) is 8.91. The predicted molar refractivity (Wildman–Crippen MR) is 102 cm³/mol. The highest BCUT2D eigenvalue weighted by molar-refractivity contribution is 8.00. The number of nitrogens with zero attached hydrogens (tertiary/aromatic N) is 3. The predicted octanol–water partition coefficient (Wildman–Crippen LogP) is 3.92. The molecule has 0 fully saturated rings. The number of benzene rings is 2. The molecule has 1 heterocycles. The molecule has 25 heavy (non-hydrogen) atoms. The monoisotopic (exact) mass is 352 g/mol. The van der Waals surface area contributed by atoms with Crippen LogP contribution in [-0.2, 0) is 4.79 Å². The fourth-order valence-corrected chi connectivity index (χ4v) is 3.22. The van der Waals surface area contributed by atoms with Crippen LogP contribution >= 0.6 is 11.8 Å². The van der Waals surface area contributed by atoms with Gasteiger partial charge in [0.15, 0.2) is 5.82 Å². The van der Waals surface area contributed by atoms with Gasteiger partial charge in [0, 0.05) is 18.3 Å². The molecule has 0 bridgehead atoms. The van der Waals surface area contributed by atoms with Crippen molar-refractivity contribution in [2.45, 2.75) is 24.3 Å². The zero-order valence-electron chi connectivity index (χ0n) is 14.4. The van der Waals surface area contributed by atoms with Crippen LogP contribution in [0.2, 0.25) is 0 Å². The van der Waals surface area contributed by atoms with Gasteiger partial charge in [0.05, 0.1) is 5.25 Å². The molecular weight excluding hydrogens is 332 g/mol. The van der Waals surface area contributed by atoms with Crippen LogP contribution in [0.15, 0.2) is 59.8 Å². The normalized spacial score (nSPS) is 12.0. The van der Waals surface area contributed by atoms with Crippen LogP contribution in [0.1, 0.15) is 12.5 Å². The molecule has 0 saturated carbocycles. The zero-order valence-corrected chi connectivity index (χ0v) is 15.2. The van der Waals surface area contributed by atoms with Crippen molar-refractivity contribution in [1.82, 2.24) is 15.2 Å². The second-order valence-corrected chi connectivity index (χ2v) is 7.13. The SMILES string of the molecule is Cc1ccc(-c2nc(S[C@H](C)C(=O)N(C)c3ccccc3)n[nH]2)cc1. The number of para-hydroxylation sites is 1. The first kappa shape index (κ1) is 17.2. The molecule has 0 aliphatic heterocycles. The number of hydrogen-bond acceptors (Lipinski definition) is 4. The van der Waals surface area contributed by atoms with Gasteiger partial charge < -0.3 is 4.90 Å². The van der Waals surface area contributed by atoms with Gasteiger partial charge in [-0.3, -0.25) is 9.89 Å². The van der Waals surface area contributed by atoms with Gasteiger partial charge in [0.2, 0.25) is 11.1 Å². The summed E-state index contributed by atoms with van der Waals surface area (Å²) >= 11 is 1.35. The maximum absolute atomic E-state index is 12.6. The minimum atomic E-state index is -0.285. The highest BCUT2D eigenvalue weighted by Crippen LogP contribution is 2.25.